The van der Waals surface area contributed by atoms with Gasteiger partial charge in [0.25, 0.3) is 11.4 Å². The van der Waals surface area contributed by atoms with Crippen LogP contribution in [0.5, 0.6) is 0 Å². The van der Waals surface area contributed by atoms with E-state index >= 15 is 0 Å². The van der Waals surface area contributed by atoms with Crippen LogP contribution in [0.15, 0.2) is 84.9 Å². The third-order valence-electron chi connectivity index (χ3n) is 14.3. The smallest absolute Gasteiger partial charge is 0.293 e. The molecule has 0 aliphatic carbocycles. The molecule has 6 aromatic rings. The van der Waals surface area contributed by atoms with Gasteiger partial charge in [-0.2, -0.15) is 0 Å². The molecular weight excluding hydrogens is 1070 g/mol. The van der Waals surface area contributed by atoms with E-state index in [0.29, 0.717) is 41.6 Å². The van der Waals surface area contributed by atoms with Crippen molar-refractivity contribution in [1.82, 2.24) is 25.1 Å². The Balaban J connectivity index is 0.000000185. The summed E-state index contributed by atoms with van der Waals surface area (Å²) in [6.07, 6.45) is 4.16. The van der Waals surface area contributed by atoms with Crippen molar-refractivity contribution in [3.63, 3.8) is 0 Å². The molecule has 4 fully saturated rings. The molecule has 0 spiro atoms. The molecule has 0 bridgehead atoms. The zero-order chi connectivity index (χ0) is 56.2. The van der Waals surface area contributed by atoms with Crippen molar-refractivity contribution in [2.24, 2.45) is 11.8 Å². The second-order valence-corrected chi connectivity index (χ2v) is 22.4. The lowest BCUT2D eigenvalue weighted by molar-refractivity contribution is -0.384. The van der Waals surface area contributed by atoms with E-state index in [1.54, 1.807) is 12.1 Å². The molecular formula is C54H67ClN14O8S2. The maximum atomic E-state index is 13.3. The van der Waals surface area contributed by atoms with Gasteiger partial charge >= 0.3 is 0 Å². The lowest BCUT2D eigenvalue weighted by Crippen LogP contribution is -2.44. The highest BCUT2D eigenvalue weighted by Gasteiger charge is 2.29. The molecule has 0 radical (unpaired) electrons. The number of ketones is 2. The first-order valence-corrected chi connectivity index (χ1v) is 28.2. The van der Waals surface area contributed by atoms with Crippen LogP contribution >= 0.6 is 34.3 Å². The molecule has 10 rings (SSSR count). The van der Waals surface area contributed by atoms with Crippen LogP contribution in [-0.2, 0) is 0 Å². The summed E-state index contributed by atoms with van der Waals surface area (Å²) in [4.78, 5) is 68.3. The minimum atomic E-state index is -0.631. The SMILES string of the molecule is CN1CCN(c2ccc(Nc3nc(N)c(C(=O)c4ccc(Cl)c([N+](=O)[O-])c4)s3)cc2)CC1.CN1CCN(c2ccc(Nc3nc(N)c(C(=O)c4ccc(N5CCCC(CO)C5)c([N+](=O)[O-])c4)s3)cc2)CC1.OCC1CCCNC1. The van der Waals surface area contributed by atoms with E-state index in [1.807, 2.05) is 41.3 Å². The number of carbonyl (C=O) groups is 2. The summed E-state index contributed by atoms with van der Waals surface area (Å²) >= 11 is 8.04. The molecule has 22 nitrogen and oxygen atoms in total. The number of hydrogen-bond donors (Lipinski definition) is 7. The Morgan fingerprint density at radius 3 is 1.57 bits per heavy atom. The van der Waals surface area contributed by atoms with Gasteiger partial charge in [0.05, 0.1) is 9.85 Å². The fourth-order valence-electron chi connectivity index (χ4n) is 9.63. The van der Waals surface area contributed by atoms with Crippen molar-refractivity contribution in [2.75, 3.05) is 143 Å². The number of piperazine rings is 2. The van der Waals surface area contributed by atoms with Gasteiger partial charge in [-0.25, -0.2) is 9.97 Å². The maximum absolute atomic E-state index is 13.3. The highest BCUT2D eigenvalue weighted by atomic mass is 35.5. The average Bonchev–Trinajstić information content (AvgIpc) is 4.07. The number of nitrogens with two attached hydrogens (primary N) is 2. The molecule has 0 amide bonds. The van der Waals surface area contributed by atoms with Crippen LogP contribution < -0.4 is 42.1 Å². The Kier molecular flexibility index (Phi) is 20.0. The van der Waals surface area contributed by atoms with E-state index in [-0.39, 0.29) is 61.4 Å². The van der Waals surface area contributed by atoms with Gasteiger partial charge in [-0.05, 0) is 131 Å². The van der Waals surface area contributed by atoms with Crippen molar-refractivity contribution in [1.29, 1.82) is 0 Å². The van der Waals surface area contributed by atoms with Crippen molar-refractivity contribution in [3.05, 3.63) is 131 Å². The van der Waals surface area contributed by atoms with Crippen LogP contribution in [0.1, 0.15) is 56.2 Å². The van der Waals surface area contributed by atoms with E-state index in [9.17, 15) is 34.9 Å². The zero-order valence-corrected chi connectivity index (χ0v) is 46.6. The van der Waals surface area contributed by atoms with Crippen molar-refractivity contribution >= 4 is 108 Å². The number of thiazole rings is 2. The molecule has 2 atom stereocenters. The fourth-order valence-corrected chi connectivity index (χ4v) is 11.6. The van der Waals surface area contributed by atoms with Crippen LogP contribution in [-0.4, -0.2) is 157 Å². The predicted molar refractivity (Wildman–Crippen MR) is 315 cm³/mol. The van der Waals surface area contributed by atoms with Crippen molar-refractivity contribution in [3.8, 4) is 0 Å². The minimum absolute atomic E-state index is 0.0359. The number of benzene rings is 4. The molecule has 4 saturated heterocycles. The third-order valence-corrected chi connectivity index (χ3v) is 16.6. The molecule has 420 valence electrons. The van der Waals surface area contributed by atoms with Crippen molar-refractivity contribution in [2.45, 2.75) is 25.7 Å². The molecule has 4 aliphatic rings. The topological polar surface area (TPSA) is 291 Å². The first-order valence-electron chi connectivity index (χ1n) is 26.2. The van der Waals surface area contributed by atoms with Gasteiger partial charge in [0, 0.05) is 131 Å². The second-order valence-electron chi connectivity index (χ2n) is 20.0. The molecule has 4 aromatic carbocycles. The van der Waals surface area contributed by atoms with Gasteiger partial charge < -0.3 is 62.1 Å². The standard InChI is InChI=1S/C27H33N7O4S.C21H21ClN6O3S.C6H13NO/c1-31-11-13-32(14-12-31)21-7-5-20(6-8-21)29-27-30-26(28)25(39-27)24(36)19-4-9-22(23(15-19)34(37)38)33-10-2-3-18(16-33)17-35;1-26-8-10-27(11-9-26)15-5-3-14(4-6-15)24-21-25-20(23)19(32-21)18(29)13-2-7-16(22)17(12-13)28(30)31;8-5-6-2-1-3-7-4-6/h4-9,15,18,35H,2-3,10-14,16-17,28H2,1H3,(H,29,30);2-7,12H,8-11,23H2,1H3,(H,24,25);6-8H,1-5H2. The summed E-state index contributed by atoms with van der Waals surface area (Å²) in [5.74, 6) is -0.109. The van der Waals surface area contributed by atoms with Crippen molar-refractivity contribution < 1.29 is 29.6 Å². The van der Waals surface area contributed by atoms with E-state index in [0.717, 1.165) is 130 Å². The summed E-state index contributed by atoms with van der Waals surface area (Å²) in [5, 5.41) is 51.7. The normalized spacial score (nSPS) is 17.9. The first-order chi connectivity index (χ1) is 38.1. The van der Waals surface area contributed by atoms with Gasteiger partial charge in [-0.15, -0.1) is 0 Å². The predicted octanol–water partition coefficient (Wildman–Crippen LogP) is 7.56. The molecule has 6 heterocycles. The van der Waals surface area contributed by atoms with E-state index in [4.69, 9.17) is 28.2 Å². The second kappa shape index (κ2) is 27.2. The number of nitro benzene ring substituents is 2. The quantitative estimate of drug-likeness (QED) is 0.0296. The van der Waals surface area contributed by atoms with Crippen LogP contribution in [0.3, 0.4) is 0 Å². The van der Waals surface area contributed by atoms with Crippen LogP contribution in [0, 0.1) is 32.1 Å². The number of aliphatic hydroxyl groups excluding tert-OH is 2. The number of carbonyl (C=O) groups excluding carboxylic acids is 2. The molecule has 2 aromatic heterocycles. The number of nitrogens with zero attached hydrogens (tertiary/aromatic N) is 9. The number of halogens is 1. The van der Waals surface area contributed by atoms with Gasteiger partial charge in [0.15, 0.2) is 10.3 Å². The summed E-state index contributed by atoms with van der Waals surface area (Å²) in [6, 6.07) is 24.5. The number of likely N-dealkylation sites (N-methyl/N-ethyl adjacent to an activating group) is 2. The number of rotatable bonds is 15. The van der Waals surface area contributed by atoms with E-state index in [2.05, 4.69) is 71.7 Å². The summed E-state index contributed by atoms with van der Waals surface area (Å²) < 4.78 is 0. The highest BCUT2D eigenvalue weighted by molar-refractivity contribution is 7.18. The lowest BCUT2D eigenvalue weighted by Gasteiger charge is -2.34. The Hall–Kier alpha value is -7.03. The summed E-state index contributed by atoms with van der Waals surface area (Å²) in [5.41, 5.74) is 16.3. The monoisotopic (exact) mass is 1140 g/mol. The van der Waals surface area contributed by atoms with E-state index in [1.165, 1.54) is 31.0 Å². The number of nitrogen functional groups attached to an aromatic ring is 2. The Morgan fingerprint density at radius 2 is 1.13 bits per heavy atom. The molecule has 9 N–H and O–H groups in total. The Bertz CT molecular complexity index is 3050. The lowest BCUT2D eigenvalue weighted by atomic mass is 9.98. The molecule has 0 saturated carbocycles. The average molecular weight is 1140 g/mol. The van der Waals surface area contributed by atoms with Gasteiger partial charge in [-0.1, -0.05) is 34.3 Å². The third kappa shape index (κ3) is 15.2. The Morgan fingerprint density at radius 1 is 0.658 bits per heavy atom. The first kappa shape index (κ1) is 58.1. The van der Waals surface area contributed by atoms with Gasteiger partial charge in [0.2, 0.25) is 11.6 Å². The summed E-state index contributed by atoms with van der Waals surface area (Å²) in [6.45, 7) is 11.8. The highest BCUT2D eigenvalue weighted by Crippen LogP contribution is 2.37. The molecule has 79 heavy (non-hydrogen) atoms. The number of piperidine rings is 2. The van der Waals surface area contributed by atoms with Gasteiger partial charge in [0.1, 0.15) is 32.1 Å². The summed E-state index contributed by atoms with van der Waals surface area (Å²) in [7, 11) is 4.25. The number of aromatic nitrogens is 2. The maximum Gasteiger partial charge on any atom is 0.293 e. The largest absolute Gasteiger partial charge is 0.396 e. The van der Waals surface area contributed by atoms with Gasteiger partial charge in [-0.3, -0.25) is 29.8 Å². The fraction of sp³-hybridized carbons (Fsp3) is 0.407. The minimum Gasteiger partial charge on any atom is -0.396 e. The number of nitro groups is 2. The van der Waals surface area contributed by atoms with Crippen LogP contribution in [0.4, 0.5) is 61.7 Å². The molecule has 2 unspecified atom stereocenters. The number of anilines is 9. The van der Waals surface area contributed by atoms with Crippen LogP contribution in [0.25, 0.3) is 0 Å². The van der Waals surface area contributed by atoms with E-state index < -0.39 is 21.4 Å². The molecule has 4 aliphatic heterocycles. The zero-order valence-electron chi connectivity index (χ0n) is 44.2. The van der Waals surface area contributed by atoms with Crippen LogP contribution in [0.2, 0.25) is 5.02 Å². The Labute approximate surface area is 471 Å². The molecule has 25 heteroatoms. The number of nitrogens with one attached hydrogen (secondary N) is 3. The number of hydrogen-bond acceptors (Lipinski definition) is 22. The number of aliphatic hydroxyl groups is 2.